The normalized spacial score (nSPS) is 18.4. The molecular formula is C33H37N3O7. The molecule has 0 fully saturated rings. The van der Waals surface area contributed by atoms with Crippen molar-refractivity contribution in [3.8, 4) is 28.7 Å². The van der Waals surface area contributed by atoms with Crippen LogP contribution in [0.25, 0.3) is 10.4 Å². The Balaban J connectivity index is 1.63. The number of hydrogen-bond acceptors (Lipinski definition) is 8. The first kappa shape index (κ1) is 29.9. The topological polar surface area (TPSA) is 121 Å². The van der Waals surface area contributed by atoms with Crippen molar-refractivity contribution < 1.29 is 33.2 Å². The standard InChI is InChI=1S/C33H37N3O7/c1-6-13-39-22-9-10-23-25(15-22)32(24-11-8-21(38-5)16-28(24)40-18-30(37)43-33(2,3)4)26(17-35-36-34)31(23)20-7-12-27-29(14-20)42-19-41-27/h7-12,14-16,26,31-32H,6,13,17-19H2,1-5H3. The van der Waals surface area contributed by atoms with Gasteiger partial charge < -0.3 is 28.4 Å². The molecule has 3 atom stereocenters. The van der Waals surface area contributed by atoms with E-state index < -0.39 is 11.6 Å². The van der Waals surface area contributed by atoms with E-state index in [1.54, 1.807) is 13.2 Å². The van der Waals surface area contributed by atoms with Crippen LogP contribution in [0.2, 0.25) is 0 Å². The zero-order valence-electron chi connectivity index (χ0n) is 25.2. The Morgan fingerprint density at radius 1 is 0.953 bits per heavy atom. The van der Waals surface area contributed by atoms with Crippen LogP contribution in [0, 0.1) is 5.92 Å². The van der Waals surface area contributed by atoms with Crippen molar-refractivity contribution in [2.24, 2.45) is 11.0 Å². The summed E-state index contributed by atoms with van der Waals surface area (Å²) >= 11 is 0. The summed E-state index contributed by atoms with van der Waals surface area (Å²) < 4.78 is 34.5. The summed E-state index contributed by atoms with van der Waals surface area (Å²) in [4.78, 5) is 15.7. The maximum absolute atomic E-state index is 12.6. The zero-order chi connectivity index (χ0) is 30.6. The molecule has 0 bridgehead atoms. The number of azide groups is 1. The highest BCUT2D eigenvalue weighted by molar-refractivity contribution is 5.71. The predicted molar refractivity (Wildman–Crippen MR) is 160 cm³/mol. The Kier molecular flexibility index (Phi) is 8.87. The fourth-order valence-corrected chi connectivity index (χ4v) is 5.87. The van der Waals surface area contributed by atoms with E-state index in [-0.39, 0.29) is 37.7 Å². The minimum absolute atomic E-state index is 0.138. The van der Waals surface area contributed by atoms with E-state index in [0.29, 0.717) is 29.6 Å². The molecule has 0 radical (unpaired) electrons. The predicted octanol–water partition coefficient (Wildman–Crippen LogP) is 7.14. The number of carbonyl (C=O) groups is 1. The van der Waals surface area contributed by atoms with Crippen LogP contribution in [-0.2, 0) is 9.53 Å². The van der Waals surface area contributed by atoms with Crippen molar-refractivity contribution in [3.05, 3.63) is 87.3 Å². The van der Waals surface area contributed by atoms with Gasteiger partial charge in [-0.2, -0.15) is 0 Å². The van der Waals surface area contributed by atoms with Gasteiger partial charge in [0.25, 0.3) is 0 Å². The number of ether oxygens (including phenoxy) is 6. The van der Waals surface area contributed by atoms with Gasteiger partial charge in [-0.3, -0.25) is 0 Å². The van der Waals surface area contributed by atoms with E-state index in [1.807, 2.05) is 57.2 Å². The van der Waals surface area contributed by atoms with Crippen LogP contribution < -0.4 is 23.7 Å². The van der Waals surface area contributed by atoms with E-state index in [9.17, 15) is 10.3 Å². The molecule has 1 aliphatic carbocycles. The first-order chi connectivity index (χ1) is 20.7. The summed E-state index contributed by atoms with van der Waals surface area (Å²) in [6.07, 6.45) is 0.876. The molecule has 0 spiro atoms. The number of methoxy groups -OCH3 is 1. The molecule has 43 heavy (non-hydrogen) atoms. The fraction of sp³-hybridized carbons (Fsp3) is 0.424. The van der Waals surface area contributed by atoms with Gasteiger partial charge in [0.15, 0.2) is 18.1 Å². The van der Waals surface area contributed by atoms with Crippen LogP contribution in [-0.4, -0.2) is 45.2 Å². The van der Waals surface area contributed by atoms with Gasteiger partial charge in [0, 0.05) is 34.9 Å². The van der Waals surface area contributed by atoms with Crippen molar-refractivity contribution >= 4 is 5.97 Å². The number of fused-ring (bicyclic) bond motifs is 2. The largest absolute Gasteiger partial charge is 0.497 e. The van der Waals surface area contributed by atoms with Gasteiger partial charge in [-0.25, -0.2) is 4.79 Å². The average molecular weight is 588 g/mol. The van der Waals surface area contributed by atoms with Gasteiger partial charge >= 0.3 is 5.97 Å². The summed E-state index contributed by atoms with van der Waals surface area (Å²) in [5, 5.41) is 4.06. The fourth-order valence-electron chi connectivity index (χ4n) is 5.87. The van der Waals surface area contributed by atoms with Gasteiger partial charge in [-0.05, 0) is 85.7 Å². The van der Waals surface area contributed by atoms with Crippen LogP contribution in [0.5, 0.6) is 28.7 Å². The second-order valence-corrected chi connectivity index (χ2v) is 11.6. The maximum atomic E-state index is 12.6. The van der Waals surface area contributed by atoms with E-state index in [4.69, 9.17) is 28.4 Å². The minimum Gasteiger partial charge on any atom is -0.497 e. The lowest BCUT2D eigenvalue weighted by atomic mass is 9.79. The molecule has 0 amide bonds. The molecule has 2 aliphatic rings. The zero-order valence-corrected chi connectivity index (χ0v) is 25.2. The highest BCUT2D eigenvalue weighted by atomic mass is 16.7. The smallest absolute Gasteiger partial charge is 0.344 e. The quantitative estimate of drug-likeness (QED) is 0.101. The Hall–Kier alpha value is -4.56. The van der Waals surface area contributed by atoms with Gasteiger partial charge in [0.05, 0.1) is 13.7 Å². The molecule has 10 heteroatoms. The minimum atomic E-state index is -0.644. The third kappa shape index (κ3) is 6.60. The molecule has 0 saturated carbocycles. The van der Waals surface area contributed by atoms with Gasteiger partial charge in [-0.1, -0.05) is 30.2 Å². The lowest BCUT2D eigenvalue weighted by molar-refractivity contribution is -0.157. The molecular weight excluding hydrogens is 550 g/mol. The van der Waals surface area contributed by atoms with Crippen molar-refractivity contribution in [3.63, 3.8) is 0 Å². The summed E-state index contributed by atoms with van der Waals surface area (Å²) in [7, 11) is 1.58. The lowest BCUT2D eigenvalue weighted by Crippen LogP contribution is -2.27. The number of carbonyl (C=O) groups excluding carboxylic acids is 1. The molecule has 10 nitrogen and oxygen atoms in total. The molecule has 5 rings (SSSR count). The molecule has 3 unspecified atom stereocenters. The average Bonchev–Trinajstić information content (AvgIpc) is 3.58. The third-order valence-electron chi connectivity index (χ3n) is 7.49. The SMILES string of the molecule is CCCOc1ccc2c(c1)C(c1ccc(OC)cc1OCC(=O)OC(C)(C)C)C(CN=[N+]=[N-])C2c1ccc2c(c1)OCO2. The molecule has 1 heterocycles. The van der Waals surface area contributed by atoms with E-state index >= 15 is 0 Å². The van der Waals surface area contributed by atoms with Crippen molar-refractivity contribution in [2.75, 3.05) is 33.7 Å². The van der Waals surface area contributed by atoms with Gasteiger partial charge in [0.1, 0.15) is 22.8 Å². The molecule has 3 aromatic carbocycles. The number of benzene rings is 3. The Morgan fingerprint density at radius 3 is 2.47 bits per heavy atom. The number of hydrogen-bond donors (Lipinski definition) is 0. The van der Waals surface area contributed by atoms with Crippen LogP contribution in [0.1, 0.15) is 68.2 Å². The summed E-state index contributed by atoms with van der Waals surface area (Å²) in [5.74, 6) is 2.13. The molecule has 0 aromatic heterocycles. The van der Waals surface area contributed by atoms with Crippen LogP contribution in [0.15, 0.2) is 59.7 Å². The second-order valence-electron chi connectivity index (χ2n) is 11.6. The maximum Gasteiger partial charge on any atom is 0.344 e. The lowest BCUT2D eigenvalue weighted by Gasteiger charge is -2.27. The number of rotatable bonds is 11. The van der Waals surface area contributed by atoms with Crippen molar-refractivity contribution in [1.29, 1.82) is 0 Å². The number of nitrogens with zero attached hydrogens (tertiary/aromatic N) is 3. The summed E-state index contributed by atoms with van der Waals surface area (Å²) in [5.41, 5.74) is 12.7. The van der Waals surface area contributed by atoms with Gasteiger partial charge in [-0.15, -0.1) is 0 Å². The van der Waals surface area contributed by atoms with Crippen molar-refractivity contribution in [1.82, 2.24) is 0 Å². The van der Waals surface area contributed by atoms with Crippen LogP contribution in [0.3, 0.4) is 0 Å². The van der Waals surface area contributed by atoms with E-state index in [2.05, 4.69) is 29.1 Å². The van der Waals surface area contributed by atoms with E-state index in [1.165, 1.54) is 0 Å². The third-order valence-corrected chi connectivity index (χ3v) is 7.49. The first-order valence-corrected chi connectivity index (χ1v) is 14.4. The van der Waals surface area contributed by atoms with E-state index in [0.717, 1.165) is 34.4 Å². The Morgan fingerprint density at radius 2 is 1.72 bits per heavy atom. The number of esters is 1. The first-order valence-electron chi connectivity index (χ1n) is 14.4. The van der Waals surface area contributed by atoms with Crippen molar-refractivity contribution in [2.45, 2.75) is 51.6 Å². The second kappa shape index (κ2) is 12.8. The molecule has 0 saturated heterocycles. The highest BCUT2D eigenvalue weighted by Crippen LogP contribution is 2.56. The summed E-state index contributed by atoms with van der Waals surface area (Å²) in [6, 6.07) is 17.7. The molecule has 226 valence electrons. The van der Waals surface area contributed by atoms with Gasteiger partial charge in [0.2, 0.25) is 6.79 Å². The van der Waals surface area contributed by atoms with Crippen LogP contribution >= 0.6 is 0 Å². The monoisotopic (exact) mass is 587 g/mol. The Labute approximate surface area is 251 Å². The molecule has 0 N–H and O–H groups in total. The Bertz CT molecular complexity index is 1530. The molecule has 1 aliphatic heterocycles. The summed E-state index contributed by atoms with van der Waals surface area (Å²) in [6.45, 7) is 8.20. The molecule has 3 aromatic rings. The van der Waals surface area contributed by atoms with Crippen LogP contribution in [0.4, 0.5) is 0 Å². The highest BCUT2D eigenvalue weighted by Gasteiger charge is 2.43.